The number of halogens is 1. The minimum absolute atomic E-state index is 0.0529. The first-order valence-corrected chi connectivity index (χ1v) is 9.30. The second-order valence-corrected chi connectivity index (χ2v) is 7.10. The second-order valence-electron chi connectivity index (χ2n) is 6.18. The van der Waals surface area contributed by atoms with Crippen LogP contribution in [0.3, 0.4) is 0 Å². The molecule has 0 saturated carbocycles. The van der Waals surface area contributed by atoms with Crippen LogP contribution in [0.25, 0.3) is 28.7 Å². The van der Waals surface area contributed by atoms with E-state index in [-0.39, 0.29) is 17.1 Å². The fourth-order valence-corrected chi connectivity index (χ4v) is 3.35. The van der Waals surface area contributed by atoms with Crippen molar-refractivity contribution in [2.24, 2.45) is 0 Å². The van der Waals surface area contributed by atoms with Gasteiger partial charge in [-0.05, 0) is 54.6 Å². The third-order valence-electron chi connectivity index (χ3n) is 4.29. The molecule has 0 saturated heterocycles. The van der Waals surface area contributed by atoms with E-state index in [9.17, 15) is 15.0 Å². The van der Waals surface area contributed by atoms with Gasteiger partial charge in [0.2, 0.25) is 0 Å². The first kappa shape index (κ1) is 18.0. The molecule has 28 heavy (non-hydrogen) atoms. The average molecular weight is 435 g/mol. The largest absolute Gasteiger partial charge is 0.508 e. The van der Waals surface area contributed by atoms with E-state index in [1.807, 2.05) is 6.07 Å². The molecule has 0 spiro atoms. The summed E-state index contributed by atoms with van der Waals surface area (Å²) >= 11 is 3.38. The lowest BCUT2D eigenvalue weighted by Crippen LogP contribution is -2.22. The van der Waals surface area contributed by atoms with E-state index in [0.29, 0.717) is 28.0 Å². The van der Waals surface area contributed by atoms with Gasteiger partial charge in [-0.2, -0.15) is 0 Å². The first-order valence-electron chi connectivity index (χ1n) is 8.51. The van der Waals surface area contributed by atoms with Crippen molar-refractivity contribution in [2.45, 2.75) is 0 Å². The van der Waals surface area contributed by atoms with Gasteiger partial charge in [-0.25, -0.2) is 4.98 Å². The summed E-state index contributed by atoms with van der Waals surface area (Å²) in [5.41, 5.74) is 1.41. The molecule has 4 aromatic rings. The fraction of sp³-hybridized carbons (Fsp3) is 0. The number of aromatic nitrogens is 2. The fourth-order valence-electron chi connectivity index (χ4n) is 2.97. The molecule has 1 heterocycles. The molecule has 6 heteroatoms. The molecule has 0 fully saturated rings. The SMILES string of the molecule is O=c1c2ccccc2nc(C=Cc2cc(Br)ccc2O)n1-c1cccc(O)c1. The predicted octanol–water partition coefficient (Wildman–Crippen LogP) is 4.73. The number of para-hydroxylation sites is 1. The smallest absolute Gasteiger partial charge is 0.266 e. The molecule has 0 bridgehead atoms. The molecule has 138 valence electrons. The Kier molecular flexibility index (Phi) is 4.71. The average Bonchev–Trinajstić information content (AvgIpc) is 2.69. The number of hydrogen-bond donors (Lipinski definition) is 2. The van der Waals surface area contributed by atoms with Crippen molar-refractivity contribution in [2.75, 3.05) is 0 Å². The summed E-state index contributed by atoms with van der Waals surface area (Å²) in [4.78, 5) is 17.8. The van der Waals surface area contributed by atoms with Crippen LogP contribution < -0.4 is 5.56 Å². The maximum absolute atomic E-state index is 13.1. The first-order chi connectivity index (χ1) is 13.5. The van der Waals surface area contributed by atoms with Gasteiger partial charge in [-0.15, -0.1) is 0 Å². The van der Waals surface area contributed by atoms with Gasteiger partial charge >= 0.3 is 0 Å². The van der Waals surface area contributed by atoms with Crippen LogP contribution in [-0.2, 0) is 0 Å². The normalized spacial score (nSPS) is 11.3. The maximum atomic E-state index is 13.1. The van der Waals surface area contributed by atoms with Gasteiger partial charge in [0.1, 0.15) is 17.3 Å². The third-order valence-corrected chi connectivity index (χ3v) is 4.78. The molecule has 3 aromatic carbocycles. The molecule has 0 unspecified atom stereocenters. The molecule has 1 aromatic heterocycles. The molecule has 5 nitrogen and oxygen atoms in total. The minimum Gasteiger partial charge on any atom is -0.508 e. The summed E-state index contributed by atoms with van der Waals surface area (Å²) in [6.07, 6.45) is 3.36. The number of nitrogens with zero attached hydrogens (tertiary/aromatic N) is 2. The van der Waals surface area contributed by atoms with Crippen molar-refractivity contribution in [3.63, 3.8) is 0 Å². The zero-order chi connectivity index (χ0) is 19.7. The molecule has 0 amide bonds. The molecular formula is C22H15BrN2O3. The summed E-state index contributed by atoms with van der Waals surface area (Å²) in [7, 11) is 0. The van der Waals surface area contributed by atoms with Crippen LogP contribution in [-0.4, -0.2) is 19.8 Å². The molecule has 0 aliphatic rings. The molecule has 0 aliphatic carbocycles. The summed E-state index contributed by atoms with van der Waals surface area (Å²) < 4.78 is 2.26. The van der Waals surface area contributed by atoms with E-state index < -0.39 is 0 Å². The van der Waals surface area contributed by atoms with Crippen LogP contribution in [0.15, 0.2) is 76.0 Å². The lowest BCUT2D eigenvalue weighted by Gasteiger charge is -2.12. The van der Waals surface area contributed by atoms with Crippen LogP contribution >= 0.6 is 15.9 Å². The Hall–Kier alpha value is -3.38. The number of rotatable bonds is 3. The molecule has 2 N–H and O–H groups in total. The zero-order valence-electron chi connectivity index (χ0n) is 14.6. The van der Waals surface area contributed by atoms with Gasteiger partial charge in [0, 0.05) is 16.1 Å². The van der Waals surface area contributed by atoms with Gasteiger partial charge < -0.3 is 10.2 Å². The molecule has 0 aliphatic heterocycles. The van der Waals surface area contributed by atoms with Gasteiger partial charge in [0.15, 0.2) is 0 Å². The van der Waals surface area contributed by atoms with Gasteiger partial charge in [0.05, 0.1) is 16.6 Å². The standard InChI is InChI=1S/C22H15BrN2O3/c23-15-9-10-20(27)14(12-15)8-11-21-24-19-7-2-1-6-18(19)22(28)25(21)16-4-3-5-17(26)13-16/h1-13,26-27H. The Morgan fingerprint density at radius 1 is 0.929 bits per heavy atom. The zero-order valence-corrected chi connectivity index (χ0v) is 16.2. The monoisotopic (exact) mass is 434 g/mol. The quantitative estimate of drug-likeness (QED) is 0.488. The molecule has 0 atom stereocenters. The lowest BCUT2D eigenvalue weighted by molar-refractivity contribution is 0.474. The summed E-state index contributed by atoms with van der Waals surface area (Å²) in [5, 5.41) is 20.4. The Morgan fingerprint density at radius 3 is 2.57 bits per heavy atom. The van der Waals surface area contributed by atoms with E-state index in [1.165, 1.54) is 16.7 Å². The molecular weight excluding hydrogens is 420 g/mol. The van der Waals surface area contributed by atoms with E-state index in [4.69, 9.17) is 0 Å². The van der Waals surface area contributed by atoms with Crippen LogP contribution in [0, 0.1) is 0 Å². The van der Waals surface area contributed by atoms with E-state index in [1.54, 1.807) is 60.7 Å². The highest BCUT2D eigenvalue weighted by molar-refractivity contribution is 9.10. The lowest BCUT2D eigenvalue weighted by atomic mass is 10.1. The number of phenolic OH excluding ortho intramolecular Hbond substituents is 2. The summed E-state index contributed by atoms with van der Waals surface area (Å²) in [6, 6.07) is 18.6. The molecule has 4 rings (SSSR count). The van der Waals surface area contributed by atoms with Gasteiger partial charge in [-0.1, -0.05) is 34.1 Å². The third kappa shape index (κ3) is 3.42. The van der Waals surface area contributed by atoms with E-state index in [2.05, 4.69) is 20.9 Å². The van der Waals surface area contributed by atoms with Crippen LogP contribution in [0.4, 0.5) is 0 Å². The predicted molar refractivity (Wildman–Crippen MR) is 114 cm³/mol. The van der Waals surface area contributed by atoms with Crippen molar-refractivity contribution in [3.05, 3.63) is 92.9 Å². The Bertz CT molecular complexity index is 1280. The summed E-state index contributed by atoms with van der Waals surface area (Å²) in [6.45, 7) is 0. The number of hydrogen-bond acceptors (Lipinski definition) is 4. The Balaban J connectivity index is 1.96. The van der Waals surface area contributed by atoms with E-state index in [0.717, 1.165) is 4.47 Å². The van der Waals surface area contributed by atoms with Crippen molar-refractivity contribution in [3.8, 4) is 17.2 Å². The van der Waals surface area contributed by atoms with Crippen molar-refractivity contribution >= 4 is 39.0 Å². The van der Waals surface area contributed by atoms with Crippen LogP contribution in [0.1, 0.15) is 11.4 Å². The van der Waals surface area contributed by atoms with Gasteiger partial charge in [-0.3, -0.25) is 9.36 Å². The second kappa shape index (κ2) is 7.32. The molecule has 0 radical (unpaired) electrons. The number of benzene rings is 3. The van der Waals surface area contributed by atoms with Crippen LogP contribution in [0.5, 0.6) is 11.5 Å². The van der Waals surface area contributed by atoms with Crippen molar-refractivity contribution in [1.29, 1.82) is 0 Å². The highest BCUT2D eigenvalue weighted by Crippen LogP contribution is 2.24. The topological polar surface area (TPSA) is 75.3 Å². The minimum atomic E-state index is -0.241. The van der Waals surface area contributed by atoms with Crippen molar-refractivity contribution < 1.29 is 10.2 Å². The Morgan fingerprint density at radius 2 is 1.75 bits per heavy atom. The Labute approximate surface area is 169 Å². The van der Waals surface area contributed by atoms with Gasteiger partial charge in [0.25, 0.3) is 5.56 Å². The van der Waals surface area contributed by atoms with E-state index >= 15 is 0 Å². The highest BCUT2D eigenvalue weighted by Gasteiger charge is 2.11. The number of aromatic hydroxyl groups is 2. The number of fused-ring (bicyclic) bond motifs is 1. The summed E-state index contributed by atoms with van der Waals surface area (Å²) in [5.74, 6) is 0.553. The highest BCUT2D eigenvalue weighted by atomic mass is 79.9. The van der Waals surface area contributed by atoms with Crippen LogP contribution in [0.2, 0.25) is 0 Å². The van der Waals surface area contributed by atoms with Crippen molar-refractivity contribution in [1.82, 2.24) is 9.55 Å². The number of phenols is 2. The maximum Gasteiger partial charge on any atom is 0.266 e.